The summed E-state index contributed by atoms with van der Waals surface area (Å²) in [6.07, 6.45) is 0. The first-order valence-electron chi connectivity index (χ1n) is 4.46. The molecule has 0 fully saturated rings. The smallest absolute Gasteiger partial charge is 0.269 e. The number of anilines is 1. The van der Waals surface area contributed by atoms with Crippen LogP contribution in [0.5, 0.6) is 0 Å². The normalized spacial score (nSPS) is 10.0. The maximum atomic E-state index is 10.4. The maximum Gasteiger partial charge on any atom is 0.269 e. The van der Waals surface area contributed by atoms with Gasteiger partial charge in [-0.05, 0) is 10.8 Å². The minimum atomic E-state index is -0.434. The summed E-state index contributed by atoms with van der Waals surface area (Å²) in [5.74, 6) is 0.387. The molecule has 0 amide bonds. The highest BCUT2D eigenvalue weighted by atomic mass is 16.6. The lowest BCUT2D eigenvalue weighted by molar-refractivity contribution is -0.384. The van der Waals surface area contributed by atoms with Gasteiger partial charge in [0.1, 0.15) is 0 Å². The number of aromatic amines is 1. The molecule has 0 aliphatic rings. The van der Waals surface area contributed by atoms with E-state index in [0.29, 0.717) is 12.5 Å². The molecule has 1 aromatic heterocycles. The van der Waals surface area contributed by atoms with Crippen molar-refractivity contribution >= 4 is 11.6 Å². The molecule has 0 unspecified atom stereocenters. The van der Waals surface area contributed by atoms with Crippen molar-refractivity contribution in [1.82, 2.24) is 20.6 Å². The molecule has 16 heavy (non-hydrogen) atoms. The Balaban J connectivity index is 1.98. The Bertz CT molecular complexity index is 466. The van der Waals surface area contributed by atoms with Crippen LogP contribution in [0.15, 0.2) is 24.3 Å². The summed E-state index contributed by atoms with van der Waals surface area (Å²) < 4.78 is 0. The molecule has 0 atom stereocenters. The topological polar surface area (TPSA) is 110 Å². The molecule has 0 bridgehead atoms. The maximum absolute atomic E-state index is 10.4. The lowest BCUT2D eigenvalue weighted by atomic mass is 10.2. The molecule has 0 aliphatic heterocycles. The average molecular weight is 220 g/mol. The zero-order valence-corrected chi connectivity index (χ0v) is 8.12. The summed E-state index contributed by atoms with van der Waals surface area (Å²) >= 11 is 0. The van der Waals surface area contributed by atoms with E-state index in [1.165, 1.54) is 12.1 Å². The van der Waals surface area contributed by atoms with E-state index >= 15 is 0 Å². The summed E-state index contributed by atoms with van der Waals surface area (Å²) in [7, 11) is 0. The number of nitro groups is 1. The van der Waals surface area contributed by atoms with Crippen LogP contribution in [-0.4, -0.2) is 25.5 Å². The van der Waals surface area contributed by atoms with E-state index in [1.807, 2.05) is 0 Å². The summed E-state index contributed by atoms with van der Waals surface area (Å²) in [5, 5.41) is 26.4. The second kappa shape index (κ2) is 4.34. The molecule has 1 aromatic carbocycles. The Morgan fingerprint density at radius 3 is 2.69 bits per heavy atom. The minimum Gasteiger partial charge on any atom is -0.348 e. The number of H-pyrrole nitrogens is 1. The minimum absolute atomic E-state index is 0.0725. The molecule has 0 saturated carbocycles. The van der Waals surface area contributed by atoms with Crippen LogP contribution < -0.4 is 5.32 Å². The van der Waals surface area contributed by atoms with Crippen molar-refractivity contribution in [2.45, 2.75) is 6.54 Å². The quantitative estimate of drug-likeness (QED) is 0.580. The zero-order chi connectivity index (χ0) is 11.4. The van der Waals surface area contributed by atoms with Crippen molar-refractivity contribution < 1.29 is 4.92 Å². The van der Waals surface area contributed by atoms with Gasteiger partial charge >= 0.3 is 0 Å². The van der Waals surface area contributed by atoms with E-state index in [4.69, 9.17) is 0 Å². The van der Waals surface area contributed by atoms with E-state index in [1.54, 1.807) is 12.1 Å². The molecular weight excluding hydrogens is 212 g/mol. The molecule has 0 aliphatic carbocycles. The van der Waals surface area contributed by atoms with Crippen LogP contribution in [0.4, 0.5) is 11.6 Å². The van der Waals surface area contributed by atoms with Gasteiger partial charge in [0, 0.05) is 18.7 Å². The van der Waals surface area contributed by atoms with Crippen molar-refractivity contribution in [3.8, 4) is 0 Å². The van der Waals surface area contributed by atoms with Crippen LogP contribution in [-0.2, 0) is 6.54 Å². The highest BCUT2D eigenvalue weighted by Gasteiger charge is 2.04. The largest absolute Gasteiger partial charge is 0.348 e. The number of rotatable bonds is 4. The van der Waals surface area contributed by atoms with Gasteiger partial charge in [0.05, 0.1) is 4.92 Å². The van der Waals surface area contributed by atoms with Crippen LogP contribution in [0, 0.1) is 10.1 Å². The third-order valence-corrected chi connectivity index (χ3v) is 1.94. The third kappa shape index (κ3) is 2.29. The molecule has 8 heteroatoms. The lowest BCUT2D eigenvalue weighted by Crippen LogP contribution is -2.01. The van der Waals surface area contributed by atoms with Crippen LogP contribution in [0.3, 0.4) is 0 Å². The fourth-order valence-electron chi connectivity index (χ4n) is 1.15. The number of nitrogens with zero attached hydrogens (tertiary/aromatic N) is 4. The molecule has 0 saturated heterocycles. The summed E-state index contributed by atoms with van der Waals surface area (Å²) in [6.45, 7) is 0.484. The van der Waals surface area contributed by atoms with Crippen molar-refractivity contribution in [2.24, 2.45) is 0 Å². The number of non-ortho nitro benzene ring substituents is 1. The van der Waals surface area contributed by atoms with E-state index in [9.17, 15) is 10.1 Å². The van der Waals surface area contributed by atoms with Crippen LogP contribution in [0.2, 0.25) is 0 Å². The second-order valence-corrected chi connectivity index (χ2v) is 3.01. The Hall–Kier alpha value is -2.51. The number of hydrogen-bond donors (Lipinski definition) is 2. The van der Waals surface area contributed by atoms with Crippen LogP contribution >= 0.6 is 0 Å². The van der Waals surface area contributed by atoms with Crippen LogP contribution in [0.1, 0.15) is 5.56 Å². The molecule has 2 rings (SSSR count). The summed E-state index contributed by atoms with van der Waals surface area (Å²) in [5.41, 5.74) is 0.971. The van der Waals surface area contributed by atoms with Gasteiger partial charge in [-0.1, -0.05) is 17.2 Å². The van der Waals surface area contributed by atoms with Gasteiger partial charge in [0.25, 0.3) is 11.6 Å². The molecule has 0 radical (unpaired) electrons. The molecule has 2 N–H and O–H groups in total. The zero-order valence-electron chi connectivity index (χ0n) is 8.12. The molecule has 82 valence electrons. The predicted molar refractivity (Wildman–Crippen MR) is 54.6 cm³/mol. The second-order valence-electron chi connectivity index (χ2n) is 3.01. The van der Waals surface area contributed by atoms with E-state index < -0.39 is 4.92 Å². The van der Waals surface area contributed by atoms with E-state index in [-0.39, 0.29) is 5.69 Å². The molecule has 8 nitrogen and oxygen atoms in total. The Kier molecular flexibility index (Phi) is 2.72. The van der Waals surface area contributed by atoms with Crippen molar-refractivity contribution in [1.29, 1.82) is 0 Å². The standard InChI is InChI=1S/C8H8N6O2/c15-14(16)7-3-1-6(2-4-7)5-9-8-10-12-13-11-8/h1-4H,5H2,(H2,9,10,11,12,13). The van der Waals surface area contributed by atoms with Gasteiger partial charge < -0.3 is 5.32 Å². The van der Waals surface area contributed by atoms with Gasteiger partial charge in [0.2, 0.25) is 0 Å². The highest BCUT2D eigenvalue weighted by molar-refractivity contribution is 5.34. The predicted octanol–water partition coefficient (Wildman–Crippen LogP) is 0.720. The first-order chi connectivity index (χ1) is 7.75. The monoisotopic (exact) mass is 220 g/mol. The van der Waals surface area contributed by atoms with Crippen molar-refractivity contribution in [3.63, 3.8) is 0 Å². The first kappa shape index (κ1) is 10.0. The SMILES string of the molecule is O=[N+]([O-])c1ccc(CNc2nn[nH]n2)cc1. The number of aromatic nitrogens is 4. The molecular formula is C8H8N6O2. The average Bonchev–Trinajstić information content (AvgIpc) is 2.80. The van der Waals surface area contributed by atoms with Crippen molar-refractivity contribution in [3.05, 3.63) is 39.9 Å². The highest BCUT2D eigenvalue weighted by Crippen LogP contribution is 2.12. The van der Waals surface area contributed by atoms with Crippen molar-refractivity contribution in [2.75, 3.05) is 5.32 Å². The lowest BCUT2D eigenvalue weighted by Gasteiger charge is -2.00. The van der Waals surface area contributed by atoms with Gasteiger partial charge in [-0.25, -0.2) is 0 Å². The fraction of sp³-hybridized carbons (Fsp3) is 0.125. The number of nitro benzene ring substituents is 1. The fourth-order valence-corrected chi connectivity index (χ4v) is 1.15. The first-order valence-corrected chi connectivity index (χ1v) is 4.46. The van der Waals surface area contributed by atoms with Gasteiger partial charge in [-0.2, -0.15) is 5.21 Å². The van der Waals surface area contributed by atoms with Gasteiger partial charge in [-0.3, -0.25) is 10.1 Å². The Labute approximate surface area is 89.8 Å². The van der Waals surface area contributed by atoms with Gasteiger partial charge in [-0.15, -0.1) is 5.10 Å². The third-order valence-electron chi connectivity index (χ3n) is 1.94. The number of nitrogens with one attached hydrogen (secondary N) is 2. The Morgan fingerprint density at radius 2 is 2.12 bits per heavy atom. The number of benzene rings is 1. The summed E-state index contributed by atoms with van der Waals surface area (Å²) in [6, 6.07) is 6.25. The number of hydrogen-bond acceptors (Lipinski definition) is 6. The van der Waals surface area contributed by atoms with Crippen LogP contribution in [0.25, 0.3) is 0 Å². The molecule has 1 heterocycles. The molecule has 2 aromatic rings. The summed E-state index contributed by atoms with van der Waals surface area (Å²) in [4.78, 5) is 9.98. The van der Waals surface area contributed by atoms with E-state index in [0.717, 1.165) is 5.56 Å². The van der Waals surface area contributed by atoms with Gasteiger partial charge in [0.15, 0.2) is 0 Å². The Morgan fingerprint density at radius 1 is 1.38 bits per heavy atom. The van der Waals surface area contributed by atoms with E-state index in [2.05, 4.69) is 25.9 Å². The molecule has 0 spiro atoms. The number of tetrazole rings is 1.